The smallest absolute Gasteiger partial charge is 0.326 e. The van der Waals surface area contributed by atoms with Crippen molar-refractivity contribution in [3.8, 4) is 5.88 Å². The van der Waals surface area contributed by atoms with Crippen LogP contribution in [0.15, 0.2) is 30.3 Å². The normalized spacial score (nSPS) is 9.95. The highest BCUT2D eigenvalue weighted by atomic mass is 19.1. The van der Waals surface area contributed by atoms with Crippen molar-refractivity contribution in [2.24, 2.45) is 0 Å². The summed E-state index contributed by atoms with van der Waals surface area (Å²) >= 11 is 0. The molecule has 0 spiro atoms. The number of nitrogens with zero attached hydrogens (tertiary/aromatic N) is 2. The second-order valence-corrected chi connectivity index (χ2v) is 3.96. The number of hydrogen-bond acceptors (Lipinski definition) is 4. The molecule has 20 heavy (non-hydrogen) atoms. The molecule has 0 aliphatic rings. The molecule has 1 aromatic carbocycles. The van der Waals surface area contributed by atoms with Crippen LogP contribution in [0.1, 0.15) is 5.69 Å². The first-order chi connectivity index (χ1) is 9.56. The number of anilines is 2. The van der Waals surface area contributed by atoms with Gasteiger partial charge in [0.2, 0.25) is 11.8 Å². The van der Waals surface area contributed by atoms with E-state index >= 15 is 0 Å². The number of aryl methyl sites for hydroxylation is 1. The largest absolute Gasteiger partial charge is 0.481 e. The summed E-state index contributed by atoms with van der Waals surface area (Å²) in [6.07, 6.45) is 0. The van der Waals surface area contributed by atoms with Crippen LogP contribution in [0.3, 0.4) is 0 Å². The lowest BCUT2D eigenvalue weighted by Gasteiger charge is -2.08. The van der Waals surface area contributed by atoms with Gasteiger partial charge >= 0.3 is 6.03 Å². The molecule has 2 N–H and O–H groups in total. The standard InChI is InChI=1S/C13H13FN4O2/c1-8-7-11(20-2)17-12(15-8)18-13(19)16-10-5-3-9(14)4-6-10/h3-7H,1-2H3,(H2,15,16,17,18,19). The molecular formula is C13H13FN4O2. The highest BCUT2D eigenvalue weighted by Gasteiger charge is 2.07. The summed E-state index contributed by atoms with van der Waals surface area (Å²) in [6, 6.07) is 6.52. The Kier molecular flexibility index (Phi) is 4.09. The van der Waals surface area contributed by atoms with Gasteiger partial charge in [0.25, 0.3) is 0 Å². The Labute approximate surface area is 115 Å². The third-order valence-electron chi connectivity index (χ3n) is 2.37. The first-order valence-electron chi connectivity index (χ1n) is 5.80. The van der Waals surface area contributed by atoms with E-state index in [1.807, 2.05) is 0 Å². The maximum Gasteiger partial charge on any atom is 0.326 e. The predicted octanol–water partition coefficient (Wildman–Crippen LogP) is 2.58. The molecule has 0 bridgehead atoms. The molecule has 104 valence electrons. The van der Waals surface area contributed by atoms with Gasteiger partial charge in [0.05, 0.1) is 7.11 Å². The van der Waals surface area contributed by atoms with Crippen molar-refractivity contribution in [3.63, 3.8) is 0 Å². The lowest BCUT2D eigenvalue weighted by Crippen LogP contribution is -2.21. The molecule has 0 aliphatic heterocycles. The number of methoxy groups -OCH3 is 1. The monoisotopic (exact) mass is 276 g/mol. The molecule has 2 aromatic rings. The molecule has 6 nitrogen and oxygen atoms in total. The summed E-state index contributed by atoms with van der Waals surface area (Å²) < 4.78 is 17.7. The zero-order valence-electron chi connectivity index (χ0n) is 11.0. The molecule has 2 amide bonds. The van der Waals surface area contributed by atoms with Crippen molar-refractivity contribution in [2.75, 3.05) is 17.7 Å². The predicted molar refractivity (Wildman–Crippen MR) is 72.4 cm³/mol. The minimum Gasteiger partial charge on any atom is -0.481 e. The Balaban J connectivity index is 2.04. The van der Waals surface area contributed by atoms with Gasteiger partial charge in [-0.25, -0.2) is 14.2 Å². The fourth-order valence-electron chi connectivity index (χ4n) is 1.50. The van der Waals surface area contributed by atoms with Crippen LogP contribution >= 0.6 is 0 Å². The average Bonchev–Trinajstić information content (AvgIpc) is 2.40. The van der Waals surface area contributed by atoms with E-state index in [2.05, 4.69) is 20.6 Å². The summed E-state index contributed by atoms with van der Waals surface area (Å²) in [6.45, 7) is 1.76. The first kappa shape index (κ1) is 13.7. The van der Waals surface area contributed by atoms with Gasteiger partial charge in [-0.3, -0.25) is 5.32 Å². The number of aromatic nitrogens is 2. The number of ether oxygens (including phenoxy) is 1. The number of amides is 2. The van der Waals surface area contributed by atoms with Gasteiger partial charge < -0.3 is 10.1 Å². The molecule has 0 radical (unpaired) electrons. The zero-order chi connectivity index (χ0) is 14.5. The van der Waals surface area contributed by atoms with Crippen LogP contribution in [0.5, 0.6) is 5.88 Å². The maximum atomic E-state index is 12.7. The van der Waals surface area contributed by atoms with Gasteiger partial charge in [-0.2, -0.15) is 4.98 Å². The van der Waals surface area contributed by atoms with Crippen molar-refractivity contribution < 1.29 is 13.9 Å². The zero-order valence-corrected chi connectivity index (χ0v) is 11.0. The van der Waals surface area contributed by atoms with E-state index in [4.69, 9.17) is 4.74 Å². The van der Waals surface area contributed by atoms with E-state index in [0.717, 1.165) is 0 Å². The number of rotatable bonds is 3. The molecule has 1 heterocycles. The van der Waals surface area contributed by atoms with E-state index in [9.17, 15) is 9.18 Å². The van der Waals surface area contributed by atoms with Crippen molar-refractivity contribution >= 4 is 17.7 Å². The topological polar surface area (TPSA) is 76.1 Å². The molecule has 0 fully saturated rings. The highest BCUT2D eigenvalue weighted by molar-refractivity contribution is 5.98. The van der Waals surface area contributed by atoms with Crippen molar-refractivity contribution in [1.82, 2.24) is 9.97 Å². The minimum atomic E-state index is -0.524. The summed E-state index contributed by atoms with van der Waals surface area (Å²) in [5, 5.41) is 5.01. The molecular weight excluding hydrogens is 263 g/mol. The van der Waals surface area contributed by atoms with E-state index in [1.165, 1.54) is 31.4 Å². The van der Waals surface area contributed by atoms with Crippen molar-refractivity contribution in [3.05, 3.63) is 41.8 Å². The summed E-state index contributed by atoms with van der Waals surface area (Å²) in [4.78, 5) is 19.8. The van der Waals surface area contributed by atoms with Crippen LogP contribution in [0.25, 0.3) is 0 Å². The number of hydrogen-bond donors (Lipinski definition) is 2. The molecule has 0 aliphatic carbocycles. The second-order valence-electron chi connectivity index (χ2n) is 3.96. The summed E-state index contributed by atoms with van der Waals surface area (Å²) in [7, 11) is 1.48. The van der Waals surface area contributed by atoms with Gasteiger partial charge in [0, 0.05) is 17.4 Å². The van der Waals surface area contributed by atoms with Gasteiger partial charge in [-0.15, -0.1) is 0 Å². The van der Waals surface area contributed by atoms with Gasteiger partial charge in [-0.1, -0.05) is 0 Å². The van der Waals surface area contributed by atoms with Gasteiger partial charge in [-0.05, 0) is 31.2 Å². The average molecular weight is 276 g/mol. The molecule has 2 rings (SSSR count). The number of carbonyl (C=O) groups excluding carboxylic acids is 1. The third-order valence-corrected chi connectivity index (χ3v) is 2.37. The molecule has 0 unspecified atom stereocenters. The summed E-state index contributed by atoms with van der Waals surface area (Å²) in [5.41, 5.74) is 1.12. The Morgan fingerprint density at radius 1 is 1.20 bits per heavy atom. The van der Waals surface area contributed by atoms with Crippen LogP contribution in [-0.2, 0) is 0 Å². The molecule has 0 saturated heterocycles. The third kappa shape index (κ3) is 3.64. The quantitative estimate of drug-likeness (QED) is 0.903. The van der Waals surface area contributed by atoms with E-state index in [0.29, 0.717) is 17.3 Å². The number of halogens is 1. The number of carbonyl (C=O) groups is 1. The van der Waals surface area contributed by atoms with Crippen LogP contribution in [-0.4, -0.2) is 23.1 Å². The van der Waals surface area contributed by atoms with Crippen molar-refractivity contribution in [2.45, 2.75) is 6.92 Å². The SMILES string of the molecule is COc1cc(C)nc(NC(=O)Nc2ccc(F)cc2)n1. The molecule has 0 saturated carbocycles. The Hall–Kier alpha value is -2.70. The van der Waals surface area contributed by atoms with E-state index in [-0.39, 0.29) is 11.8 Å². The number of nitrogens with one attached hydrogen (secondary N) is 2. The highest BCUT2D eigenvalue weighted by Crippen LogP contribution is 2.12. The minimum absolute atomic E-state index is 0.126. The van der Waals surface area contributed by atoms with E-state index in [1.54, 1.807) is 13.0 Å². The maximum absolute atomic E-state index is 12.7. The van der Waals surface area contributed by atoms with Crippen LogP contribution in [0.2, 0.25) is 0 Å². The lowest BCUT2D eigenvalue weighted by atomic mass is 10.3. The van der Waals surface area contributed by atoms with Crippen LogP contribution in [0.4, 0.5) is 20.8 Å². The molecule has 7 heteroatoms. The van der Waals surface area contributed by atoms with Gasteiger partial charge in [0.1, 0.15) is 5.82 Å². The van der Waals surface area contributed by atoms with Gasteiger partial charge in [0.15, 0.2) is 0 Å². The Bertz CT molecular complexity index is 616. The fraction of sp³-hybridized carbons (Fsp3) is 0.154. The summed E-state index contributed by atoms with van der Waals surface area (Å²) in [5.74, 6) is 0.110. The molecule has 1 aromatic heterocycles. The fourth-order valence-corrected chi connectivity index (χ4v) is 1.50. The Morgan fingerprint density at radius 3 is 2.55 bits per heavy atom. The van der Waals surface area contributed by atoms with Crippen LogP contribution < -0.4 is 15.4 Å². The lowest BCUT2D eigenvalue weighted by molar-refractivity contribution is 0.262. The Morgan fingerprint density at radius 2 is 1.90 bits per heavy atom. The number of benzene rings is 1. The molecule has 0 atom stereocenters. The van der Waals surface area contributed by atoms with E-state index < -0.39 is 6.03 Å². The number of urea groups is 1. The first-order valence-corrected chi connectivity index (χ1v) is 5.80. The second kappa shape index (κ2) is 5.96. The van der Waals surface area contributed by atoms with Crippen LogP contribution in [0, 0.1) is 12.7 Å². The van der Waals surface area contributed by atoms with Crippen molar-refractivity contribution in [1.29, 1.82) is 0 Å².